The zero-order valence-electron chi connectivity index (χ0n) is 21.2. The maximum atomic E-state index is 4.81. The van der Waals surface area contributed by atoms with E-state index in [1.165, 1.54) is 5.56 Å². The van der Waals surface area contributed by atoms with Crippen LogP contribution in [0.15, 0.2) is 67.0 Å². The van der Waals surface area contributed by atoms with Gasteiger partial charge in [0.05, 0.1) is 22.7 Å². The molecule has 0 aliphatic heterocycles. The monoisotopic (exact) mass is 475 g/mol. The average Bonchev–Trinajstić information content (AvgIpc) is 3.46. The molecule has 0 bridgehead atoms. The fourth-order valence-corrected chi connectivity index (χ4v) is 4.84. The summed E-state index contributed by atoms with van der Waals surface area (Å²) in [4.78, 5) is 9.32. The molecule has 36 heavy (non-hydrogen) atoms. The molecule has 2 aromatic carbocycles. The summed E-state index contributed by atoms with van der Waals surface area (Å²) in [5.41, 5.74) is 7.58. The molecule has 0 spiro atoms. The highest BCUT2D eigenvalue weighted by molar-refractivity contribution is 6.06. The average molecular weight is 476 g/mol. The van der Waals surface area contributed by atoms with E-state index in [2.05, 4.69) is 106 Å². The molecule has 180 valence electrons. The summed E-state index contributed by atoms with van der Waals surface area (Å²) in [6.07, 6.45) is 4.62. The predicted octanol–water partition coefficient (Wildman–Crippen LogP) is 6.19. The molecule has 0 radical (unpaired) electrons. The number of hydrogen-bond acceptors (Lipinski definition) is 5. The minimum Gasteiger partial charge on any atom is -0.373 e. The largest absolute Gasteiger partial charge is 0.373 e. The zero-order valence-corrected chi connectivity index (χ0v) is 21.2. The molecule has 7 heteroatoms. The topological polar surface area (TPSA) is 72.9 Å². The molecule has 4 heterocycles. The van der Waals surface area contributed by atoms with Crippen LogP contribution in [-0.2, 0) is 11.8 Å². The lowest BCUT2D eigenvalue weighted by molar-refractivity contribution is 0.590. The highest BCUT2D eigenvalue weighted by atomic mass is 15.3. The fraction of sp³-hybridized carbons (Fsp3) is 0.241. The lowest BCUT2D eigenvalue weighted by atomic mass is 9.87. The number of rotatable bonds is 4. The quantitative estimate of drug-likeness (QED) is 0.329. The van der Waals surface area contributed by atoms with Crippen LogP contribution in [0.25, 0.3) is 44.5 Å². The Morgan fingerprint density at radius 2 is 1.64 bits per heavy atom. The van der Waals surface area contributed by atoms with E-state index in [0.29, 0.717) is 0 Å². The van der Waals surface area contributed by atoms with Crippen LogP contribution >= 0.6 is 0 Å². The van der Waals surface area contributed by atoms with E-state index in [1.54, 1.807) is 0 Å². The number of pyridine rings is 2. The van der Waals surface area contributed by atoms with Crippen LogP contribution in [0.2, 0.25) is 0 Å². The molecule has 0 saturated carbocycles. The van der Waals surface area contributed by atoms with Crippen molar-refractivity contribution in [3.8, 4) is 16.8 Å². The number of imidazole rings is 1. The molecule has 0 atom stereocenters. The summed E-state index contributed by atoms with van der Waals surface area (Å²) in [5.74, 6) is 2.56. The number of nitrogens with one attached hydrogen (secondary N) is 1. The summed E-state index contributed by atoms with van der Waals surface area (Å²) < 4.78 is 4.35. The van der Waals surface area contributed by atoms with Gasteiger partial charge in [-0.1, -0.05) is 45.9 Å². The summed E-state index contributed by atoms with van der Waals surface area (Å²) in [5, 5.41) is 13.2. The second-order valence-electron chi connectivity index (χ2n) is 10.1. The Hall–Kier alpha value is -4.26. The highest BCUT2D eigenvalue weighted by Crippen LogP contribution is 2.34. The molecule has 0 unspecified atom stereocenters. The Labute approximate surface area is 209 Å². The Balaban J connectivity index is 1.66. The number of fused-ring (bicyclic) bond motifs is 5. The second-order valence-corrected chi connectivity index (χ2v) is 10.1. The third-order valence-electron chi connectivity index (χ3n) is 6.86. The number of aryl methyl sites for hydroxylation is 1. The molecule has 0 aliphatic carbocycles. The van der Waals surface area contributed by atoms with E-state index in [0.717, 1.165) is 62.6 Å². The molecular weight excluding hydrogens is 446 g/mol. The first-order chi connectivity index (χ1) is 17.4. The molecule has 0 amide bonds. The molecule has 4 aromatic heterocycles. The Morgan fingerprint density at radius 3 is 2.31 bits per heavy atom. The fourth-order valence-electron chi connectivity index (χ4n) is 4.84. The number of anilines is 1. The Kier molecular flexibility index (Phi) is 5.03. The van der Waals surface area contributed by atoms with E-state index in [4.69, 9.17) is 4.98 Å². The third-order valence-corrected chi connectivity index (χ3v) is 6.86. The Morgan fingerprint density at radius 1 is 0.861 bits per heavy atom. The van der Waals surface area contributed by atoms with Crippen LogP contribution in [0.1, 0.15) is 39.1 Å². The minimum atomic E-state index is 0.0826. The lowest BCUT2D eigenvalue weighted by Crippen LogP contribution is -2.10. The summed E-state index contributed by atoms with van der Waals surface area (Å²) in [7, 11) is 1.87. The van der Waals surface area contributed by atoms with Gasteiger partial charge in [-0.15, -0.1) is 10.2 Å². The zero-order chi connectivity index (χ0) is 25.0. The summed E-state index contributed by atoms with van der Waals surface area (Å²) in [6, 6.07) is 19.2. The minimum absolute atomic E-state index is 0.0826. The van der Waals surface area contributed by atoms with Crippen molar-refractivity contribution in [3.05, 3.63) is 78.4 Å². The molecule has 7 nitrogen and oxygen atoms in total. The predicted molar refractivity (Wildman–Crippen MR) is 146 cm³/mol. The van der Waals surface area contributed by atoms with Crippen molar-refractivity contribution in [2.75, 3.05) is 12.4 Å². The highest BCUT2D eigenvalue weighted by Gasteiger charge is 2.21. The second kappa shape index (κ2) is 8.16. The maximum Gasteiger partial charge on any atom is 0.241 e. The molecule has 0 fully saturated rings. The van der Waals surface area contributed by atoms with Crippen LogP contribution in [0, 0.1) is 0 Å². The van der Waals surface area contributed by atoms with Crippen LogP contribution in [0.5, 0.6) is 0 Å². The number of benzene rings is 2. The van der Waals surface area contributed by atoms with Gasteiger partial charge in [0.2, 0.25) is 5.78 Å². The van der Waals surface area contributed by atoms with Gasteiger partial charge in [-0.2, -0.15) is 0 Å². The van der Waals surface area contributed by atoms with Gasteiger partial charge in [-0.25, -0.2) is 4.98 Å². The smallest absolute Gasteiger partial charge is 0.241 e. The summed E-state index contributed by atoms with van der Waals surface area (Å²) in [6.45, 7) is 8.80. The van der Waals surface area contributed by atoms with Crippen LogP contribution in [-0.4, -0.2) is 36.2 Å². The van der Waals surface area contributed by atoms with Gasteiger partial charge >= 0.3 is 0 Å². The van der Waals surface area contributed by atoms with E-state index >= 15 is 0 Å². The standard InChI is InChI=1S/C29H29N7/c1-6-26-33-34-28-35(21-11-9-20(10-12-21)29(2,3)4)27-22-15-18(19-8-14-25(30-5)32-16-19)7-13-23(22)31-17-24(27)36(26)28/h7-17H,6H2,1-5H3,(H,30,32). The van der Waals surface area contributed by atoms with Crippen molar-refractivity contribution in [1.29, 1.82) is 0 Å². The summed E-state index contributed by atoms with van der Waals surface area (Å²) >= 11 is 0. The van der Waals surface area contributed by atoms with Crippen LogP contribution < -0.4 is 5.32 Å². The van der Waals surface area contributed by atoms with Crippen molar-refractivity contribution in [2.45, 2.75) is 39.5 Å². The first-order valence-corrected chi connectivity index (χ1v) is 12.3. The van der Waals surface area contributed by atoms with Gasteiger partial charge in [-0.3, -0.25) is 14.0 Å². The number of hydrogen-bond donors (Lipinski definition) is 1. The molecule has 1 N–H and O–H groups in total. The van der Waals surface area contributed by atoms with Gasteiger partial charge in [0.15, 0.2) is 0 Å². The van der Waals surface area contributed by atoms with Crippen molar-refractivity contribution in [1.82, 2.24) is 29.1 Å². The molecule has 0 saturated heterocycles. The van der Waals surface area contributed by atoms with Gasteiger partial charge in [0.1, 0.15) is 11.6 Å². The molecule has 6 rings (SSSR count). The van der Waals surface area contributed by atoms with E-state index < -0.39 is 0 Å². The van der Waals surface area contributed by atoms with E-state index in [1.807, 2.05) is 25.5 Å². The van der Waals surface area contributed by atoms with Crippen molar-refractivity contribution < 1.29 is 0 Å². The van der Waals surface area contributed by atoms with Crippen molar-refractivity contribution in [3.63, 3.8) is 0 Å². The van der Waals surface area contributed by atoms with Crippen LogP contribution in [0.4, 0.5) is 5.82 Å². The first-order valence-electron chi connectivity index (χ1n) is 12.3. The van der Waals surface area contributed by atoms with Crippen molar-refractivity contribution >= 4 is 33.5 Å². The van der Waals surface area contributed by atoms with Gasteiger partial charge in [0, 0.05) is 36.3 Å². The third kappa shape index (κ3) is 3.42. The van der Waals surface area contributed by atoms with Crippen LogP contribution in [0.3, 0.4) is 0 Å². The maximum absolute atomic E-state index is 4.81. The van der Waals surface area contributed by atoms with Gasteiger partial charge < -0.3 is 5.32 Å². The molecular formula is C29H29N7. The van der Waals surface area contributed by atoms with Gasteiger partial charge in [0.25, 0.3) is 0 Å². The molecule has 0 aliphatic rings. The molecule has 6 aromatic rings. The van der Waals surface area contributed by atoms with Crippen molar-refractivity contribution in [2.24, 2.45) is 0 Å². The number of nitrogens with zero attached hydrogens (tertiary/aromatic N) is 6. The first kappa shape index (κ1) is 22.2. The van der Waals surface area contributed by atoms with E-state index in [9.17, 15) is 0 Å². The SMILES string of the molecule is CCc1nnc2n(-c3ccc(C(C)(C)C)cc3)c3c4cc(-c5ccc(NC)nc5)ccc4ncc3n12. The Bertz CT molecular complexity index is 1720. The normalized spacial score (nSPS) is 12.1. The lowest BCUT2D eigenvalue weighted by Gasteiger charge is -2.19. The van der Waals surface area contributed by atoms with E-state index in [-0.39, 0.29) is 5.41 Å². The van der Waals surface area contributed by atoms with Gasteiger partial charge in [-0.05, 0) is 52.9 Å². The number of aromatic nitrogens is 6.